The molecule has 2 nitrogen and oxygen atoms in total. The number of hydrogen-bond acceptors (Lipinski definition) is 3. The van der Waals surface area contributed by atoms with E-state index in [1.54, 1.807) is 7.11 Å². The number of nitrogens with one attached hydrogen (secondary N) is 1. The van der Waals surface area contributed by atoms with Gasteiger partial charge in [0.25, 0.3) is 0 Å². The van der Waals surface area contributed by atoms with Gasteiger partial charge in [-0.2, -0.15) is 0 Å². The van der Waals surface area contributed by atoms with Crippen LogP contribution >= 0.6 is 11.8 Å². The van der Waals surface area contributed by atoms with E-state index in [0.717, 1.165) is 5.75 Å². The highest BCUT2D eigenvalue weighted by Gasteiger charge is 2.15. The summed E-state index contributed by atoms with van der Waals surface area (Å²) in [5, 5.41) is 3.54. The Labute approximate surface area is 108 Å². The maximum atomic E-state index is 5.34. The molecule has 1 fully saturated rings. The Hall–Kier alpha value is -0.670. The minimum Gasteiger partial charge on any atom is -0.496 e. The summed E-state index contributed by atoms with van der Waals surface area (Å²) in [7, 11) is 1.73. The van der Waals surface area contributed by atoms with Gasteiger partial charge in [0.15, 0.2) is 0 Å². The first-order valence-corrected chi connectivity index (χ1v) is 7.20. The van der Waals surface area contributed by atoms with E-state index in [4.69, 9.17) is 4.74 Å². The summed E-state index contributed by atoms with van der Waals surface area (Å²) in [6.45, 7) is 5.45. The lowest BCUT2D eigenvalue weighted by Crippen LogP contribution is -2.23. The largest absolute Gasteiger partial charge is 0.496 e. The first kappa shape index (κ1) is 12.8. The second kappa shape index (κ2) is 5.78. The molecule has 0 amide bonds. The van der Waals surface area contributed by atoms with Gasteiger partial charge in [0, 0.05) is 16.7 Å². The van der Waals surface area contributed by atoms with Gasteiger partial charge in [0.05, 0.1) is 7.11 Å². The Morgan fingerprint density at radius 2 is 2.18 bits per heavy atom. The molecule has 1 aromatic rings. The van der Waals surface area contributed by atoms with Crippen LogP contribution in [0.4, 0.5) is 0 Å². The maximum absolute atomic E-state index is 5.34. The SMILES string of the molecule is COc1cc(C)c(SCC2CCCN2)cc1C. The van der Waals surface area contributed by atoms with Gasteiger partial charge in [0.1, 0.15) is 5.75 Å². The summed E-state index contributed by atoms with van der Waals surface area (Å²) in [5.74, 6) is 2.16. The van der Waals surface area contributed by atoms with E-state index < -0.39 is 0 Å². The summed E-state index contributed by atoms with van der Waals surface area (Å²) in [6.07, 6.45) is 2.65. The van der Waals surface area contributed by atoms with Crippen LogP contribution in [0.15, 0.2) is 17.0 Å². The van der Waals surface area contributed by atoms with Gasteiger partial charge in [-0.05, 0) is 56.5 Å². The number of methoxy groups -OCH3 is 1. The van der Waals surface area contributed by atoms with E-state index in [-0.39, 0.29) is 0 Å². The third-order valence-electron chi connectivity index (χ3n) is 3.29. The highest BCUT2D eigenvalue weighted by molar-refractivity contribution is 7.99. The lowest BCUT2D eigenvalue weighted by atomic mass is 10.1. The summed E-state index contributed by atoms with van der Waals surface area (Å²) in [4.78, 5) is 1.39. The third kappa shape index (κ3) is 3.17. The monoisotopic (exact) mass is 251 g/mol. The molecule has 0 bridgehead atoms. The molecule has 94 valence electrons. The second-order valence-corrected chi connectivity index (χ2v) is 5.75. The van der Waals surface area contributed by atoms with Gasteiger partial charge in [-0.15, -0.1) is 11.8 Å². The minimum absolute atomic E-state index is 0.696. The van der Waals surface area contributed by atoms with Crippen LogP contribution in [-0.2, 0) is 0 Å². The Kier molecular flexibility index (Phi) is 4.35. The molecule has 1 N–H and O–H groups in total. The molecule has 2 rings (SSSR count). The van der Waals surface area contributed by atoms with E-state index in [9.17, 15) is 0 Å². The first-order chi connectivity index (χ1) is 8.20. The fourth-order valence-corrected chi connectivity index (χ4v) is 3.44. The Bertz CT molecular complexity index is 386. The van der Waals surface area contributed by atoms with E-state index in [2.05, 4.69) is 31.3 Å². The predicted octanol–water partition coefficient (Wildman–Crippen LogP) is 3.16. The average Bonchev–Trinajstić information content (AvgIpc) is 2.82. The van der Waals surface area contributed by atoms with Crippen molar-refractivity contribution in [1.82, 2.24) is 5.32 Å². The van der Waals surface area contributed by atoms with Crippen molar-refractivity contribution < 1.29 is 4.74 Å². The molecule has 1 aliphatic rings. The topological polar surface area (TPSA) is 21.3 Å². The number of ether oxygens (including phenoxy) is 1. The molecular weight excluding hydrogens is 230 g/mol. The molecular formula is C14H21NOS. The highest BCUT2D eigenvalue weighted by atomic mass is 32.2. The van der Waals surface area contributed by atoms with Gasteiger partial charge in [0.2, 0.25) is 0 Å². The van der Waals surface area contributed by atoms with Crippen molar-refractivity contribution in [3.05, 3.63) is 23.3 Å². The van der Waals surface area contributed by atoms with Crippen LogP contribution in [0.1, 0.15) is 24.0 Å². The Morgan fingerprint density at radius 3 is 2.82 bits per heavy atom. The average molecular weight is 251 g/mol. The smallest absolute Gasteiger partial charge is 0.122 e. The van der Waals surface area contributed by atoms with Crippen molar-refractivity contribution in [3.63, 3.8) is 0 Å². The third-order valence-corrected chi connectivity index (χ3v) is 4.61. The quantitative estimate of drug-likeness (QED) is 0.831. The fourth-order valence-electron chi connectivity index (χ4n) is 2.23. The lowest BCUT2D eigenvalue weighted by Gasteiger charge is -2.13. The van der Waals surface area contributed by atoms with Crippen molar-refractivity contribution in [2.24, 2.45) is 0 Å². The predicted molar refractivity (Wildman–Crippen MR) is 74.2 cm³/mol. The van der Waals surface area contributed by atoms with Gasteiger partial charge in [-0.25, -0.2) is 0 Å². The van der Waals surface area contributed by atoms with Gasteiger partial charge in [-0.3, -0.25) is 0 Å². The molecule has 0 aromatic heterocycles. The normalized spacial score (nSPS) is 19.6. The van der Waals surface area contributed by atoms with Crippen molar-refractivity contribution >= 4 is 11.8 Å². The maximum Gasteiger partial charge on any atom is 0.122 e. The zero-order valence-corrected chi connectivity index (χ0v) is 11.7. The Morgan fingerprint density at radius 1 is 1.35 bits per heavy atom. The number of aryl methyl sites for hydroxylation is 2. The summed E-state index contributed by atoms with van der Waals surface area (Å²) in [5.41, 5.74) is 2.54. The number of rotatable bonds is 4. The number of thioether (sulfide) groups is 1. The first-order valence-electron chi connectivity index (χ1n) is 6.22. The molecule has 1 aromatic carbocycles. The molecule has 1 unspecified atom stereocenters. The molecule has 1 heterocycles. The molecule has 1 atom stereocenters. The minimum atomic E-state index is 0.696. The van der Waals surface area contributed by atoms with E-state index >= 15 is 0 Å². The van der Waals surface area contributed by atoms with E-state index in [0.29, 0.717) is 6.04 Å². The van der Waals surface area contributed by atoms with E-state index in [1.165, 1.54) is 41.2 Å². The summed E-state index contributed by atoms with van der Waals surface area (Å²) < 4.78 is 5.34. The van der Waals surface area contributed by atoms with Gasteiger partial charge >= 0.3 is 0 Å². The van der Waals surface area contributed by atoms with Crippen LogP contribution in [0.3, 0.4) is 0 Å². The molecule has 17 heavy (non-hydrogen) atoms. The lowest BCUT2D eigenvalue weighted by molar-refractivity contribution is 0.411. The van der Waals surface area contributed by atoms with Crippen LogP contribution in [0.2, 0.25) is 0 Å². The van der Waals surface area contributed by atoms with Crippen LogP contribution in [0, 0.1) is 13.8 Å². The van der Waals surface area contributed by atoms with E-state index in [1.807, 2.05) is 11.8 Å². The molecule has 0 saturated carbocycles. The Balaban J connectivity index is 2.02. The molecule has 0 radical (unpaired) electrons. The standard InChI is InChI=1S/C14H21NOS/c1-10-8-14(11(2)7-13(10)16-3)17-9-12-5-4-6-15-12/h7-8,12,15H,4-6,9H2,1-3H3. The molecule has 3 heteroatoms. The van der Waals surface area contributed by atoms with Crippen molar-refractivity contribution in [3.8, 4) is 5.75 Å². The molecule has 1 saturated heterocycles. The van der Waals surface area contributed by atoms with Gasteiger partial charge < -0.3 is 10.1 Å². The van der Waals surface area contributed by atoms with Crippen molar-refractivity contribution in [2.75, 3.05) is 19.4 Å². The van der Waals surface area contributed by atoms with Crippen LogP contribution in [0.25, 0.3) is 0 Å². The highest BCUT2D eigenvalue weighted by Crippen LogP contribution is 2.30. The number of benzene rings is 1. The molecule has 1 aliphatic heterocycles. The van der Waals surface area contributed by atoms with Crippen LogP contribution in [-0.4, -0.2) is 25.4 Å². The van der Waals surface area contributed by atoms with Gasteiger partial charge in [-0.1, -0.05) is 0 Å². The fraction of sp³-hybridized carbons (Fsp3) is 0.571. The summed E-state index contributed by atoms with van der Waals surface area (Å²) in [6, 6.07) is 5.08. The summed E-state index contributed by atoms with van der Waals surface area (Å²) >= 11 is 1.96. The van der Waals surface area contributed by atoms with Crippen molar-refractivity contribution in [2.45, 2.75) is 37.6 Å². The molecule has 0 spiro atoms. The molecule has 0 aliphatic carbocycles. The second-order valence-electron chi connectivity index (χ2n) is 4.69. The van der Waals surface area contributed by atoms with Crippen LogP contribution < -0.4 is 10.1 Å². The van der Waals surface area contributed by atoms with Crippen LogP contribution in [0.5, 0.6) is 5.75 Å². The number of hydrogen-bond donors (Lipinski definition) is 1. The van der Waals surface area contributed by atoms with Crippen molar-refractivity contribution in [1.29, 1.82) is 0 Å². The zero-order valence-electron chi connectivity index (χ0n) is 10.9. The zero-order chi connectivity index (χ0) is 12.3.